The molecule has 0 bridgehead atoms. The van der Waals surface area contributed by atoms with E-state index < -0.39 is 0 Å². The molecule has 0 radical (unpaired) electrons. The van der Waals surface area contributed by atoms with Crippen molar-refractivity contribution in [3.05, 3.63) is 346 Å². The van der Waals surface area contributed by atoms with E-state index in [1.807, 2.05) is 242 Å². The van der Waals surface area contributed by atoms with Crippen LogP contribution >= 0.6 is 100 Å². The first-order valence-corrected chi connectivity index (χ1v) is 41.5. The summed E-state index contributed by atoms with van der Waals surface area (Å²) in [6, 6.07) is 79.7. The zero-order chi connectivity index (χ0) is 81.0. The number of hydrogen-bond donors (Lipinski definition) is 0. The molecule has 0 fully saturated rings. The van der Waals surface area contributed by atoms with Crippen molar-refractivity contribution in [3.63, 3.8) is 0 Å². The molecule has 15 aromatic rings. The number of benzene rings is 10. The molecule has 0 unspecified atom stereocenters. The molecule has 574 valence electrons. The van der Waals surface area contributed by atoms with E-state index in [0.29, 0.717) is 58.5 Å². The van der Waals surface area contributed by atoms with Crippen molar-refractivity contribution in [3.8, 4) is 62.0 Å². The van der Waals surface area contributed by atoms with Crippen molar-refractivity contribution in [2.75, 3.05) is 66.8 Å². The predicted molar refractivity (Wildman–Crippen MR) is 475 cm³/mol. The first-order chi connectivity index (χ1) is 55.0. The number of hydrogen-bond acceptors (Lipinski definition) is 16. The molecule has 0 N–H and O–H groups in total. The third kappa shape index (κ3) is 21.5. The van der Waals surface area contributed by atoms with Crippen molar-refractivity contribution in [2.24, 2.45) is 0 Å². The summed E-state index contributed by atoms with van der Waals surface area (Å²) in [5.41, 5.74) is 14.4. The number of aromatic nitrogens is 5. The van der Waals surface area contributed by atoms with Crippen molar-refractivity contribution in [2.45, 2.75) is 20.8 Å². The normalized spacial score (nSPS) is 10.5. The summed E-state index contributed by atoms with van der Waals surface area (Å²) in [6.45, 7) is 6.04. The van der Waals surface area contributed by atoms with Crippen LogP contribution in [0, 0.1) is 26.6 Å². The first-order valence-electron chi connectivity index (χ1n) is 35.2. The average molecular weight is 1750 g/mol. The van der Waals surface area contributed by atoms with E-state index >= 15 is 0 Å². The summed E-state index contributed by atoms with van der Waals surface area (Å²) in [7, 11) is 10.4. The Bertz CT molecular complexity index is 5760. The standard InChI is InChI=1S/C20H20N2O2S.C18H15FN2OS.2C17H13BrN2OS.C17H13ClN2OS/c1-13-10-16(11-18(24-4)14(13)2)17-12-25-20(21-17)22(3)19(23)15-8-6-5-7-9-15;1-12-16(13-8-10-15(19)11-9-13)20-18(23-12)21(2)17(22)14-6-4-3-5-7-14;1-20(16(21)12-6-3-2-4-7-12)17-19-15(11-22-17)13-8-5-9-14(18)10-13;1-20(16(21)13-5-3-2-4-6-13)17-19-15(11-22-17)12-7-9-14(18)10-8-12;1-20(16(21)12-7-3-2-4-8-12)17-19-15(11-22-17)13-9-5-6-10-14(13)18/h5-12H,1-4H3;3-11H,1-2H3;3*2-11H,1H3. The topological polar surface area (TPSA) is 175 Å². The SMILES string of the molecule is CN(C(=O)c1ccccc1)c1nc(-c2ccc(Br)cc2)cs1.CN(C(=O)c1ccccc1)c1nc(-c2cccc(Br)c2)cs1.CN(C(=O)c1ccccc1)c1nc(-c2ccccc2Cl)cs1.COc1cc(-c2csc(N(C)C(=O)c3ccccc3)n2)cc(C)c1C.Cc1sc(N(C)C(=O)c2ccccc2)nc1-c1ccc(F)cc1. The van der Waals surface area contributed by atoms with Gasteiger partial charge in [0.2, 0.25) is 0 Å². The fourth-order valence-electron chi connectivity index (χ4n) is 11.0. The van der Waals surface area contributed by atoms with E-state index in [9.17, 15) is 28.4 Å². The van der Waals surface area contributed by atoms with Crippen LogP contribution in [0.2, 0.25) is 5.02 Å². The fourth-order valence-corrected chi connectivity index (χ4v) is 16.0. The molecule has 0 spiro atoms. The summed E-state index contributed by atoms with van der Waals surface area (Å²) in [5.74, 6) is 0.189. The highest BCUT2D eigenvalue weighted by atomic mass is 79.9. The highest BCUT2D eigenvalue weighted by Crippen LogP contribution is 2.37. The fraction of sp³-hybridized carbons (Fsp3) is 0.101. The quantitative estimate of drug-likeness (QED) is 0.0900. The number of aryl methyl sites for hydroxylation is 2. The van der Waals surface area contributed by atoms with Gasteiger partial charge in [0.25, 0.3) is 29.5 Å². The van der Waals surface area contributed by atoms with Crippen LogP contribution in [0.4, 0.5) is 30.0 Å². The maximum atomic E-state index is 13.1. The molecule has 16 nitrogen and oxygen atoms in total. The minimum Gasteiger partial charge on any atom is -0.496 e. The molecule has 10 aromatic carbocycles. The molecule has 0 saturated carbocycles. The molecular weight excluding hydrogens is 1680 g/mol. The van der Waals surface area contributed by atoms with Crippen molar-refractivity contribution in [1.29, 1.82) is 0 Å². The summed E-state index contributed by atoms with van der Waals surface area (Å²) in [6.07, 6.45) is 0. The minimum atomic E-state index is -0.279. The largest absolute Gasteiger partial charge is 0.496 e. The average Bonchev–Trinajstić information content (AvgIpc) is 1.67. The Morgan fingerprint density at radius 1 is 0.368 bits per heavy atom. The Morgan fingerprint density at radius 3 is 1.13 bits per heavy atom. The molecule has 0 aliphatic carbocycles. The van der Waals surface area contributed by atoms with Gasteiger partial charge in [0.15, 0.2) is 25.7 Å². The van der Waals surface area contributed by atoms with Gasteiger partial charge in [0, 0.05) is 131 Å². The van der Waals surface area contributed by atoms with Crippen LogP contribution in [0.15, 0.2) is 291 Å². The number of rotatable bonds is 16. The van der Waals surface area contributed by atoms with E-state index in [2.05, 4.69) is 69.8 Å². The predicted octanol–water partition coefficient (Wildman–Crippen LogP) is 23.7. The van der Waals surface area contributed by atoms with Crippen LogP contribution in [0.3, 0.4) is 0 Å². The Labute approximate surface area is 703 Å². The van der Waals surface area contributed by atoms with E-state index in [1.54, 1.807) is 103 Å². The lowest BCUT2D eigenvalue weighted by molar-refractivity contribution is 0.0985. The minimum absolute atomic E-state index is 0.0580. The highest BCUT2D eigenvalue weighted by molar-refractivity contribution is 9.10. The van der Waals surface area contributed by atoms with Crippen LogP contribution in [0.1, 0.15) is 67.8 Å². The number of methoxy groups -OCH3 is 1. The maximum Gasteiger partial charge on any atom is 0.259 e. The van der Waals surface area contributed by atoms with E-state index in [-0.39, 0.29) is 35.4 Å². The zero-order valence-electron chi connectivity index (χ0n) is 63.1. The lowest BCUT2D eigenvalue weighted by atomic mass is 10.0. The molecule has 15 rings (SSSR count). The molecule has 0 aliphatic heterocycles. The number of thiazole rings is 5. The molecule has 5 aromatic heterocycles. The zero-order valence-corrected chi connectivity index (χ0v) is 71.1. The van der Waals surface area contributed by atoms with E-state index in [0.717, 1.165) is 87.0 Å². The number of carbonyl (C=O) groups is 5. The lowest BCUT2D eigenvalue weighted by Gasteiger charge is -2.13. The van der Waals surface area contributed by atoms with Crippen LogP contribution < -0.4 is 29.2 Å². The molecule has 0 saturated heterocycles. The molecule has 5 amide bonds. The number of ether oxygens (including phenoxy) is 1. The van der Waals surface area contributed by atoms with Gasteiger partial charge in [-0.15, -0.1) is 56.7 Å². The molecule has 25 heteroatoms. The molecule has 0 aliphatic rings. The lowest BCUT2D eigenvalue weighted by Crippen LogP contribution is -2.25. The van der Waals surface area contributed by atoms with Crippen molar-refractivity contribution < 1.29 is 33.1 Å². The first kappa shape index (κ1) is 83.6. The number of amides is 5. The van der Waals surface area contributed by atoms with Crippen LogP contribution in [0.25, 0.3) is 56.3 Å². The Hall–Kier alpha value is -11.3. The second-order valence-electron chi connectivity index (χ2n) is 25.2. The third-order valence-corrected chi connectivity index (χ3v) is 23.5. The number of carbonyl (C=O) groups excluding carboxylic acids is 5. The molecule has 5 heterocycles. The monoisotopic (exact) mass is 1750 g/mol. The smallest absolute Gasteiger partial charge is 0.259 e. The van der Waals surface area contributed by atoms with Crippen molar-refractivity contribution >= 4 is 155 Å². The number of nitrogens with zero attached hydrogens (tertiary/aromatic N) is 10. The maximum absolute atomic E-state index is 13.1. The third-order valence-electron chi connectivity index (χ3n) is 17.5. The van der Waals surface area contributed by atoms with Crippen LogP contribution in [-0.2, 0) is 0 Å². The van der Waals surface area contributed by atoms with Gasteiger partial charge >= 0.3 is 0 Å². The van der Waals surface area contributed by atoms with Gasteiger partial charge in [-0.3, -0.25) is 48.5 Å². The second kappa shape index (κ2) is 39.9. The van der Waals surface area contributed by atoms with Gasteiger partial charge in [0.05, 0.1) is 35.6 Å². The number of halogens is 4. The van der Waals surface area contributed by atoms with Gasteiger partial charge in [0.1, 0.15) is 11.6 Å². The molecule has 0 atom stereocenters. The van der Waals surface area contributed by atoms with Gasteiger partial charge in [-0.05, 0) is 159 Å². The van der Waals surface area contributed by atoms with Gasteiger partial charge in [-0.2, -0.15) is 0 Å². The van der Waals surface area contributed by atoms with Gasteiger partial charge in [-0.1, -0.05) is 177 Å². The summed E-state index contributed by atoms with van der Waals surface area (Å²) < 4.78 is 20.5. The van der Waals surface area contributed by atoms with Crippen molar-refractivity contribution in [1.82, 2.24) is 24.9 Å². The second-order valence-corrected chi connectivity index (χ2v) is 32.0. The van der Waals surface area contributed by atoms with Crippen LogP contribution in [0.5, 0.6) is 5.75 Å². The Kier molecular flexibility index (Phi) is 29.3. The van der Waals surface area contributed by atoms with Gasteiger partial charge in [-0.25, -0.2) is 29.3 Å². The van der Waals surface area contributed by atoms with E-state index in [4.69, 9.17) is 16.3 Å². The molecule has 114 heavy (non-hydrogen) atoms. The highest BCUT2D eigenvalue weighted by Gasteiger charge is 2.24. The molecular formula is C89H74Br2ClFN10O6S5. The van der Waals surface area contributed by atoms with Crippen LogP contribution in [-0.4, -0.2) is 96.8 Å². The van der Waals surface area contributed by atoms with Gasteiger partial charge < -0.3 is 4.74 Å². The Morgan fingerprint density at radius 2 is 0.728 bits per heavy atom. The van der Waals surface area contributed by atoms with E-state index in [1.165, 1.54) is 68.8 Å². The Balaban J connectivity index is 0.000000141. The summed E-state index contributed by atoms with van der Waals surface area (Å²) in [5, 5.41) is 11.8. The summed E-state index contributed by atoms with van der Waals surface area (Å²) in [4.78, 5) is 94.0. The summed E-state index contributed by atoms with van der Waals surface area (Å²) >= 11 is 20.3. The number of anilines is 5.